The van der Waals surface area contributed by atoms with E-state index in [0.29, 0.717) is 40.0 Å². The van der Waals surface area contributed by atoms with Gasteiger partial charge < -0.3 is 9.13 Å². The smallest absolute Gasteiger partial charge is 0.153 e. The monoisotopic (exact) mass is 512 g/mol. The molecule has 0 fully saturated rings. The minimum absolute atomic E-state index is 0.313. The van der Waals surface area contributed by atoms with Crippen LogP contribution in [0.3, 0.4) is 0 Å². The largest absolute Gasteiger partial charge is 0.307 e. The van der Waals surface area contributed by atoms with Crippen molar-refractivity contribution in [2.24, 2.45) is 0 Å². The number of nitrogens with zero attached hydrogens (tertiary/aromatic N) is 4. The number of para-hydroxylation sites is 2. The zero-order chi connectivity index (χ0) is 26.8. The minimum atomic E-state index is -1.02. The van der Waals surface area contributed by atoms with E-state index in [1.54, 1.807) is 36.4 Å². The van der Waals surface area contributed by atoms with E-state index in [1.807, 2.05) is 47.0 Å². The zero-order valence-corrected chi connectivity index (χ0v) is 20.1. The summed E-state index contributed by atoms with van der Waals surface area (Å²) < 4.78 is 47.6. The maximum Gasteiger partial charge on any atom is 0.153 e. The van der Waals surface area contributed by atoms with E-state index in [-0.39, 0.29) is 5.69 Å². The third-order valence-corrected chi connectivity index (χ3v) is 7.16. The summed E-state index contributed by atoms with van der Waals surface area (Å²) in [5.74, 6) is -3.04. The van der Waals surface area contributed by atoms with Crippen LogP contribution in [0.4, 0.5) is 13.2 Å². The van der Waals surface area contributed by atoms with E-state index < -0.39 is 17.5 Å². The van der Waals surface area contributed by atoms with Crippen molar-refractivity contribution in [1.29, 1.82) is 10.5 Å². The molecule has 0 N–H and O–H groups in total. The molecular formula is C32H15F3N4. The highest BCUT2D eigenvalue weighted by molar-refractivity contribution is 6.26. The molecule has 0 atom stereocenters. The number of hydrogen-bond donors (Lipinski definition) is 0. The molecule has 0 radical (unpaired) electrons. The number of nitriles is 2. The lowest BCUT2D eigenvalue weighted by molar-refractivity contribution is 0.537. The molecule has 0 aliphatic carbocycles. The first kappa shape index (κ1) is 22.7. The molecule has 0 aliphatic rings. The number of hydrogen-bond acceptors (Lipinski definition) is 2. The Kier molecular flexibility index (Phi) is 4.79. The third-order valence-electron chi connectivity index (χ3n) is 7.16. The van der Waals surface area contributed by atoms with Crippen LogP contribution in [0.25, 0.3) is 55.0 Å². The summed E-state index contributed by atoms with van der Waals surface area (Å²) in [4.78, 5) is 0. The molecule has 5 aromatic carbocycles. The second-order valence-electron chi connectivity index (χ2n) is 9.23. The minimum Gasteiger partial charge on any atom is -0.307 e. The normalized spacial score (nSPS) is 11.4. The Hall–Kier alpha value is -5.53. The van der Waals surface area contributed by atoms with Gasteiger partial charge in [0.1, 0.15) is 17.6 Å². The fourth-order valence-corrected chi connectivity index (χ4v) is 5.64. The van der Waals surface area contributed by atoms with Crippen LogP contribution >= 0.6 is 0 Å². The number of aromatic nitrogens is 2. The van der Waals surface area contributed by atoms with E-state index in [1.165, 1.54) is 4.57 Å². The average Bonchev–Trinajstić information content (AvgIpc) is 3.45. The fourth-order valence-electron chi connectivity index (χ4n) is 5.64. The SMILES string of the molecule is N#Cc1ccc(-n2c3ccccc3c3ccc4c(c5ccccc5n4-c4c(F)cc(F)cc4F)c32)c(C#N)c1. The first-order chi connectivity index (χ1) is 19.0. The standard InChI is InChI=1S/C32H15F3N4/c33-20-14-24(34)32(25(35)15-20)39-28-8-4-2-6-23(28)30-29(39)12-10-22-21-5-1-3-7-27(21)38(31(22)30)26-11-9-18(16-36)13-19(26)17-37/h1-15H. The quantitative estimate of drug-likeness (QED) is 0.235. The number of rotatable bonds is 2. The van der Waals surface area contributed by atoms with Gasteiger partial charge in [0.15, 0.2) is 11.6 Å². The predicted octanol–water partition coefficient (Wildman–Crippen LogP) is 8.04. The topological polar surface area (TPSA) is 57.4 Å². The summed E-state index contributed by atoms with van der Waals surface area (Å²) in [6, 6.07) is 29.3. The molecule has 7 rings (SSSR count). The van der Waals surface area contributed by atoms with Gasteiger partial charge in [-0.05, 0) is 36.4 Å². The van der Waals surface area contributed by atoms with Crippen LogP contribution in [0.15, 0.2) is 91.0 Å². The Bertz CT molecular complexity index is 2220. The van der Waals surface area contributed by atoms with E-state index in [0.717, 1.165) is 32.6 Å². The molecule has 39 heavy (non-hydrogen) atoms. The molecule has 0 unspecified atom stereocenters. The maximum atomic E-state index is 15.2. The molecule has 7 heteroatoms. The number of fused-ring (bicyclic) bond motifs is 7. The summed E-state index contributed by atoms with van der Waals surface area (Å²) in [6.07, 6.45) is 0. The van der Waals surface area contributed by atoms with Crippen molar-refractivity contribution < 1.29 is 13.2 Å². The molecule has 0 saturated heterocycles. The molecule has 4 nitrogen and oxygen atoms in total. The second-order valence-corrected chi connectivity index (χ2v) is 9.23. The van der Waals surface area contributed by atoms with Crippen molar-refractivity contribution in [2.75, 3.05) is 0 Å². The number of benzene rings is 5. The van der Waals surface area contributed by atoms with Crippen molar-refractivity contribution in [3.63, 3.8) is 0 Å². The fraction of sp³-hybridized carbons (Fsp3) is 0. The molecule has 0 aliphatic heterocycles. The highest BCUT2D eigenvalue weighted by atomic mass is 19.1. The first-order valence-electron chi connectivity index (χ1n) is 12.1. The van der Waals surface area contributed by atoms with Gasteiger partial charge in [-0.1, -0.05) is 42.5 Å². The van der Waals surface area contributed by atoms with Gasteiger partial charge in [-0.2, -0.15) is 10.5 Å². The first-order valence-corrected chi connectivity index (χ1v) is 12.1. The van der Waals surface area contributed by atoms with Crippen LogP contribution in [0.5, 0.6) is 0 Å². The highest BCUT2D eigenvalue weighted by Crippen LogP contribution is 2.42. The summed E-state index contributed by atoms with van der Waals surface area (Å²) in [5, 5.41) is 22.7. The lowest BCUT2D eigenvalue weighted by atomic mass is 10.1. The molecule has 2 aromatic heterocycles. The summed E-state index contributed by atoms with van der Waals surface area (Å²) in [7, 11) is 0. The molecule has 0 saturated carbocycles. The Morgan fingerprint density at radius 1 is 0.590 bits per heavy atom. The Balaban J connectivity index is 1.74. The third kappa shape index (κ3) is 3.11. The predicted molar refractivity (Wildman–Crippen MR) is 144 cm³/mol. The molecule has 2 heterocycles. The van der Waals surface area contributed by atoms with Gasteiger partial charge >= 0.3 is 0 Å². The molecular weight excluding hydrogens is 497 g/mol. The second kappa shape index (κ2) is 8.24. The molecule has 0 bridgehead atoms. The Morgan fingerprint density at radius 3 is 1.95 bits per heavy atom. The highest BCUT2D eigenvalue weighted by Gasteiger charge is 2.24. The van der Waals surface area contributed by atoms with Crippen molar-refractivity contribution >= 4 is 43.6 Å². The van der Waals surface area contributed by atoms with Gasteiger partial charge in [0.05, 0.1) is 45.0 Å². The Labute approximate surface area is 219 Å². The summed E-state index contributed by atoms with van der Waals surface area (Å²) >= 11 is 0. The van der Waals surface area contributed by atoms with Gasteiger partial charge in [0, 0.05) is 33.7 Å². The van der Waals surface area contributed by atoms with Gasteiger partial charge in [-0.3, -0.25) is 0 Å². The van der Waals surface area contributed by atoms with E-state index >= 15 is 8.78 Å². The van der Waals surface area contributed by atoms with Crippen molar-refractivity contribution in [2.45, 2.75) is 0 Å². The van der Waals surface area contributed by atoms with Crippen molar-refractivity contribution in [3.8, 4) is 23.5 Å². The van der Waals surface area contributed by atoms with Gasteiger partial charge in [0.2, 0.25) is 0 Å². The number of halogens is 3. The molecule has 0 amide bonds. The van der Waals surface area contributed by atoms with E-state index in [9.17, 15) is 14.9 Å². The lowest BCUT2D eigenvalue weighted by Crippen LogP contribution is -2.02. The van der Waals surface area contributed by atoms with Crippen LogP contribution in [0, 0.1) is 40.1 Å². The van der Waals surface area contributed by atoms with Crippen molar-refractivity contribution in [1.82, 2.24) is 9.13 Å². The average molecular weight is 512 g/mol. The lowest BCUT2D eigenvalue weighted by Gasteiger charge is -2.12. The van der Waals surface area contributed by atoms with Gasteiger partial charge in [0.25, 0.3) is 0 Å². The molecule has 0 spiro atoms. The van der Waals surface area contributed by atoms with Crippen LogP contribution in [-0.2, 0) is 0 Å². The van der Waals surface area contributed by atoms with Gasteiger partial charge in [-0.15, -0.1) is 0 Å². The zero-order valence-electron chi connectivity index (χ0n) is 20.1. The van der Waals surface area contributed by atoms with E-state index in [4.69, 9.17) is 0 Å². The van der Waals surface area contributed by atoms with Crippen molar-refractivity contribution in [3.05, 3.63) is 120 Å². The van der Waals surface area contributed by atoms with Crippen LogP contribution < -0.4 is 0 Å². The van der Waals surface area contributed by atoms with E-state index in [2.05, 4.69) is 12.1 Å². The Morgan fingerprint density at radius 2 is 1.26 bits per heavy atom. The summed E-state index contributed by atoms with van der Waals surface area (Å²) in [6.45, 7) is 0. The van der Waals surface area contributed by atoms with Gasteiger partial charge in [-0.25, -0.2) is 13.2 Å². The summed E-state index contributed by atoms with van der Waals surface area (Å²) in [5.41, 5.74) is 3.51. The molecule has 7 aromatic rings. The van der Waals surface area contributed by atoms with Crippen LogP contribution in [0.1, 0.15) is 11.1 Å². The van der Waals surface area contributed by atoms with Crippen LogP contribution in [-0.4, -0.2) is 9.13 Å². The van der Waals surface area contributed by atoms with Crippen LogP contribution in [0.2, 0.25) is 0 Å². The maximum absolute atomic E-state index is 15.2. The molecule has 184 valence electrons.